The highest BCUT2D eigenvalue weighted by molar-refractivity contribution is 5.99. The van der Waals surface area contributed by atoms with Crippen molar-refractivity contribution in [2.75, 3.05) is 11.9 Å². The Morgan fingerprint density at radius 2 is 1.90 bits per heavy atom. The predicted octanol–water partition coefficient (Wildman–Crippen LogP) is 2.79. The van der Waals surface area contributed by atoms with E-state index in [1.165, 1.54) is 5.56 Å². The first kappa shape index (κ1) is 15.5. The van der Waals surface area contributed by atoms with Gasteiger partial charge in [0.25, 0.3) is 0 Å². The van der Waals surface area contributed by atoms with Gasteiger partial charge < -0.3 is 10.6 Å². The minimum atomic E-state index is -0.174. The summed E-state index contributed by atoms with van der Waals surface area (Å²) in [6.07, 6.45) is 2.70. The lowest BCUT2D eigenvalue weighted by molar-refractivity contribution is -0.125. The molecule has 114 valence electrons. The molecule has 0 saturated heterocycles. The number of benzene rings is 1. The molecular weight excluding hydrogens is 264 g/mol. The lowest BCUT2D eigenvalue weighted by Gasteiger charge is -2.09. The number of hydrogen-bond acceptors (Lipinski definition) is 2. The highest BCUT2D eigenvalue weighted by atomic mass is 16.2. The standard InChI is InChI=1S/C17H24N2O2/c1-4-5-8-18-16(20)13-10-14(13)17(21)19-15-7-6-11(2)9-12(15)3/h6-7,9,13-14H,4-5,8,10H2,1-3H3,(H,18,20)(H,19,21). The lowest BCUT2D eigenvalue weighted by Crippen LogP contribution is -2.28. The van der Waals surface area contributed by atoms with Gasteiger partial charge in [0.1, 0.15) is 0 Å². The van der Waals surface area contributed by atoms with Crippen molar-refractivity contribution in [3.05, 3.63) is 29.3 Å². The van der Waals surface area contributed by atoms with Crippen LogP contribution in [0.4, 0.5) is 5.69 Å². The highest BCUT2D eigenvalue weighted by Crippen LogP contribution is 2.39. The van der Waals surface area contributed by atoms with E-state index in [0.717, 1.165) is 24.1 Å². The van der Waals surface area contributed by atoms with Gasteiger partial charge in [-0.05, 0) is 38.3 Å². The fourth-order valence-corrected chi connectivity index (χ4v) is 2.47. The largest absolute Gasteiger partial charge is 0.356 e. The molecular formula is C17H24N2O2. The monoisotopic (exact) mass is 288 g/mol. The summed E-state index contributed by atoms with van der Waals surface area (Å²) in [5.74, 6) is -0.346. The van der Waals surface area contributed by atoms with Gasteiger partial charge in [0, 0.05) is 12.2 Å². The molecule has 4 nitrogen and oxygen atoms in total. The molecule has 0 aromatic heterocycles. The number of nitrogens with one attached hydrogen (secondary N) is 2. The van der Waals surface area contributed by atoms with Gasteiger partial charge in [-0.25, -0.2) is 0 Å². The Kier molecular flexibility index (Phi) is 4.99. The van der Waals surface area contributed by atoms with Crippen molar-refractivity contribution in [2.24, 2.45) is 11.8 Å². The zero-order valence-corrected chi connectivity index (χ0v) is 13.0. The van der Waals surface area contributed by atoms with Crippen LogP contribution < -0.4 is 10.6 Å². The fourth-order valence-electron chi connectivity index (χ4n) is 2.47. The zero-order chi connectivity index (χ0) is 15.4. The van der Waals surface area contributed by atoms with E-state index in [1.54, 1.807) is 0 Å². The van der Waals surface area contributed by atoms with Crippen molar-refractivity contribution in [1.82, 2.24) is 5.32 Å². The number of carbonyl (C=O) groups is 2. The molecule has 0 radical (unpaired) electrons. The van der Waals surface area contributed by atoms with Crippen LogP contribution in [0.1, 0.15) is 37.3 Å². The van der Waals surface area contributed by atoms with Crippen molar-refractivity contribution in [3.8, 4) is 0 Å². The normalized spacial score (nSPS) is 20.0. The number of amides is 2. The quantitative estimate of drug-likeness (QED) is 0.791. The smallest absolute Gasteiger partial charge is 0.228 e. The van der Waals surface area contributed by atoms with Crippen LogP contribution in [0, 0.1) is 25.7 Å². The summed E-state index contributed by atoms with van der Waals surface area (Å²) >= 11 is 0. The van der Waals surface area contributed by atoms with E-state index in [-0.39, 0.29) is 23.7 Å². The number of rotatable bonds is 6. The summed E-state index contributed by atoms with van der Waals surface area (Å²) in [6, 6.07) is 5.93. The Hall–Kier alpha value is -1.84. The van der Waals surface area contributed by atoms with Crippen molar-refractivity contribution in [1.29, 1.82) is 0 Å². The molecule has 2 rings (SSSR count). The highest BCUT2D eigenvalue weighted by Gasteiger charge is 2.47. The van der Waals surface area contributed by atoms with Gasteiger partial charge in [-0.1, -0.05) is 31.0 Å². The van der Waals surface area contributed by atoms with Gasteiger partial charge in [-0.2, -0.15) is 0 Å². The van der Waals surface area contributed by atoms with Gasteiger partial charge in [0.15, 0.2) is 0 Å². The summed E-state index contributed by atoms with van der Waals surface area (Å²) in [7, 11) is 0. The summed E-state index contributed by atoms with van der Waals surface area (Å²) in [5, 5.41) is 5.83. The lowest BCUT2D eigenvalue weighted by atomic mass is 10.1. The predicted molar refractivity (Wildman–Crippen MR) is 84.1 cm³/mol. The van der Waals surface area contributed by atoms with E-state index in [2.05, 4.69) is 17.6 Å². The van der Waals surface area contributed by atoms with Gasteiger partial charge >= 0.3 is 0 Å². The number of carbonyl (C=O) groups excluding carboxylic acids is 2. The van der Waals surface area contributed by atoms with Crippen LogP contribution in [0.5, 0.6) is 0 Å². The molecule has 4 heteroatoms. The molecule has 0 aliphatic heterocycles. The molecule has 0 spiro atoms. The first-order valence-corrected chi connectivity index (χ1v) is 7.68. The maximum Gasteiger partial charge on any atom is 0.228 e. The summed E-state index contributed by atoms with van der Waals surface area (Å²) < 4.78 is 0. The van der Waals surface area contributed by atoms with Crippen LogP contribution in [0.2, 0.25) is 0 Å². The van der Waals surface area contributed by atoms with Crippen molar-refractivity contribution < 1.29 is 9.59 Å². The van der Waals surface area contributed by atoms with Gasteiger partial charge in [-0.3, -0.25) is 9.59 Å². The third-order valence-electron chi connectivity index (χ3n) is 3.93. The van der Waals surface area contributed by atoms with Gasteiger partial charge in [0.2, 0.25) is 11.8 Å². The molecule has 1 aromatic carbocycles. The zero-order valence-electron chi connectivity index (χ0n) is 13.0. The minimum Gasteiger partial charge on any atom is -0.356 e. The number of hydrogen-bond donors (Lipinski definition) is 2. The number of anilines is 1. The van der Waals surface area contributed by atoms with Crippen LogP contribution in [0.3, 0.4) is 0 Å². The molecule has 1 saturated carbocycles. The first-order chi connectivity index (χ1) is 10.0. The number of aryl methyl sites for hydroxylation is 2. The maximum absolute atomic E-state index is 12.2. The van der Waals surface area contributed by atoms with E-state index in [9.17, 15) is 9.59 Å². The van der Waals surface area contributed by atoms with E-state index < -0.39 is 0 Å². The molecule has 1 aliphatic carbocycles. The molecule has 1 aromatic rings. The summed E-state index contributed by atoms with van der Waals surface area (Å²) in [5.41, 5.74) is 3.06. The second-order valence-corrected chi connectivity index (χ2v) is 5.90. The minimum absolute atomic E-state index is 0.0178. The SMILES string of the molecule is CCCCNC(=O)C1CC1C(=O)Nc1ccc(C)cc1C. The Bertz CT molecular complexity index is 540. The average molecular weight is 288 g/mol. The van der Waals surface area contributed by atoms with Crippen LogP contribution in [0.15, 0.2) is 18.2 Å². The maximum atomic E-state index is 12.2. The molecule has 2 unspecified atom stereocenters. The Labute approximate surface area is 126 Å². The Balaban J connectivity index is 1.84. The van der Waals surface area contributed by atoms with E-state index in [4.69, 9.17) is 0 Å². The molecule has 2 N–H and O–H groups in total. The summed E-state index contributed by atoms with van der Waals surface area (Å²) in [6.45, 7) is 6.79. The molecule has 2 amide bonds. The Morgan fingerprint density at radius 3 is 2.57 bits per heavy atom. The van der Waals surface area contributed by atoms with Crippen molar-refractivity contribution in [2.45, 2.75) is 40.0 Å². The van der Waals surface area contributed by atoms with Crippen LogP contribution in [0.25, 0.3) is 0 Å². The number of unbranched alkanes of at least 4 members (excludes halogenated alkanes) is 1. The molecule has 21 heavy (non-hydrogen) atoms. The van der Waals surface area contributed by atoms with E-state index in [0.29, 0.717) is 13.0 Å². The molecule has 1 aliphatic rings. The van der Waals surface area contributed by atoms with Crippen molar-refractivity contribution >= 4 is 17.5 Å². The molecule has 2 atom stereocenters. The van der Waals surface area contributed by atoms with E-state index >= 15 is 0 Å². The topological polar surface area (TPSA) is 58.2 Å². The second kappa shape index (κ2) is 6.74. The van der Waals surface area contributed by atoms with Crippen LogP contribution in [-0.2, 0) is 9.59 Å². The second-order valence-electron chi connectivity index (χ2n) is 5.90. The Morgan fingerprint density at radius 1 is 1.19 bits per heavy atom. The molecule has 0 heterocycles. The third-order valence-corrected chi connectivity index (χ3v) is 3.93. The molecule has 1 fully saturated rings. The summed E-state index contributed by atoms with van der Waals surface area (Å²) in [4.78, 5) is 24.0. The third kappa shape index (κ3) is 4.06. The average Bonchev–Trinajstić information content (AvgIpc) is 3.22. The first-order valence-electron chi connectivity index (χ1n) is 7.68. The van der Waals surface area contributed by atoms with Gasteiger partial charge in [-0.15, -0.1) is 0 Å². The van der Waals surface area contributed by atoms with Crippen LogP contribution >= 0.6 is 0 Å². The van der Waals surface area contributed by atoms with Gasteiger partial charge in [0.05, 0.1) is 11.8 Å². The molecule has 0 bridgehead atoms. The van der Waals surface area contributed by atoms with Crippen molar-refractivity contribution in [3.63, 3.8) is 0 Å². The van der Waals surface area contributed by atoms with E-state index in [1.807, 2.05) is 32.0 Å². The fraction of sp³-hybridized carbons (Fsp3) is 0.529. The van der Waals surface area contributed by atoms with Crippen LogP contribution in [-0.4, -0.2) is 18.4 Å².